The predicted octanol–water partition coefficient (Wildman–Crippen LogP) is 3.21. The molecule has 2 rings (SSSR count). The van der Waals surface area contributed by atoms with Crippen molar-refractivity contribution in [1.82, 2.24) is 4.98 Å². The van der Waals surface area contributed by atoms with Crippen molar-refractivity contribution in [2.75, 3.05) is 14.2 Å². The summed E-state index contributed by atoms with van der Waals surface area (Å²) in [5, 5.41) is 2.31. The zero-order valence-corrected chi connectivity index (χ0v) is 10.1. The minimum absolute atomic E-state index is 0.566. The third-order valence-electron chi connectivity index (χ3n) is 2.48. The van der Waals surface area contributed by atoms with Crippen LogP contribution >= 0.6 is 11.6 Å². The molecular formula is C12H12ClNO2. The van der Waals surface area contributed by atoms with Crippen LogP contribution in [-0.4, -0.2) is 19.2 Å². The molecule has 0 aliphatic carbocycles. The van der Waals surface area contributed by atoms with Crippen LogP contribution in [0.15, 0.2) is 18.2 Å². The monoisotopic (exact) mass is 237 g/mol. The van der Waals surface area contributed by atoms with Gasteiger partial charge in [-0.2, -0.15) is 0 Å². The van der Waals surface area contributed by atoms with E-state index in [0.29, 0.717) is 10.9 Å². The summed E-state index contributed by atoms with van der Waals surface area (Å²) in [5.74, 6) is 1.29. The van der Waals surface area contributed by atoms with Crippen LogP contribution in [0.3, 0.4) is 0 Å². The Balaban J connectivity index is 2.92. The lowest BCUT2D eigenvalue weighted by atomic mass is 10.1. The van der Waals surface area contributed by atoms with E-state index in [4.69, 9.17) is 21.1 Å². The first-order valence-corrected chi connectivity index (χ1v) is 5.23. The van der Waals surface area contributed by atoms with Crippen LogP contribution in [0.2, 0.25) is 5.02 Å². The maximum atomic E-state index is 6.24. The smallest absolute Gasteiger partial charge is 0.221 e. The number of aromatic nitrogens is 1. The van der Waals surface area contributed by atoms with Crippen LogP contribution in [0, 0.1) is 6.92 Å². The molecule has 0 bridgehead atoms. The molecule has 3 nitrogen and oxygen atoms in total. The number of pyridine rings is 1. The third kappa shape index (κ3) is 1.57. The maximum absolute atomic E-state index is 6.24. The molecule has 2 aromatic rings. The van der Waals surface area contributed by atoms with Crippen molar-refractivity contribution in [3.05, 3.63) is 28.9 Å². The average molecular weight is 238 g/mol. The molecule has 1 aromatic heterocycles. The molecule has 1 heterocycles. The van der Waals surface area contributed by atoms with Crippen LogP contribution < -0.4 is 9.47 Å². The Morgan fingerprint density at radius 3 is 2.56 bits per heavy atom. The normalized spacial score (nSPS) is 10.5. The summed E-state index contributed by atoms with van der Waals surface area (Å²) in [6.45, 7) is 1.84. The van der Waals surface area contributed by atoms with Crippen LogP contribution in [0.4, 0.5) is 0 Å². The van der Waals surface area contributed by atoms with Gasteiger partial charge >= 0.3 is 0 Å². The van der Waals surface area contributed by atoms with Crippen LogP contribution in [0.1, 0.15) is 5.69 Å². The second-order valence-electron chi connectivity index (χ2n) is 3.40. The summed E-state index contributed by atoms with van der Waals surface area (Å²) in [6.07, 6.45) is 0. The van der Waals surface area contributed by atoms with Crippen LogP contribution in [0.25, 0.3) is 10.8 Å². The van der Waals surface area contributed by atoms with E-state index in [1.165, 1.54) is 0 Å². The molecule has 0 aliphatic rings. The highest BCUT2D eigenvalue weighted by molar-refractivity contribution is 6.36. The van der Waals surface area contributed by atoms with Crippen molar-refractivity contribution in [1.29, 1.82) is 0 Å². The molecule has 1 aromatic carbocycles. The lowest BCUT2D eigenvalue weighted by Gasteiger charge is -2.11. The molecule has 16 heavy (non-hydrogen) atoms. The fourth-order valence-corrected chi connectivity index (χ4v) is 1.94. The fraction of sp³-hybridized carbons (Fsp3) is 0.250. The second-order valence-corrected chi connectivity index (χ2v) is 3.78. The van der Waals surface area contributed by atoms with E-state index in [0.717, 1.165) is 22.2 Å². The summed E-state index contributed by atoms with van der Waals surface area (Å²) in [5.41, 5.74) is 0.732. The first-order valence-electron chi connectivity index (χ1n) is 4.85. The van der Waals surface area contributed by atoms with Gasteiger partial charge in [0.1, 0.15) is 5.75 Å². The van der Waals surface area contributed by atoms with Gasteiger partial charge in [0.05, 0.1) is 24.9 Å². The Bertz CT molecular complexity index is 538. The molecule has 0 spiro atoms. The van der Waals surface area contributed by atoms with E-state index in [-0.39, 0.29) is 0 Å². The summed E-state index contributed by atoms with van der Waals surface area (Å²) >= 11 is 6.24. The summed E-state index contributed by atoms with van der Waals surface area (Å²) in [7, 11) is 3.21. The first-order chi connectivity index (χ1) is 7.69. The highest BCUT2D eigenvalue weighted by atomic mass is 35.5. The minimum Gasteiger partial charge on any atom is -0.496 e. The van der Waals surface area contributed by atoms with Crippen molar-refractivity contribution in [3.63, 3.8) is 0 Å². The van der Waals surface area contributed by atoms with Crippen molar-refractivity contribution in [2.45, 2.75) is 6.92 Å². The number of methoxy groups -OCH3 is 2. The molecule has 84 valence electrons. The number of halogens is 1. The van der Waals surface area contributed by atoms with Gasteiger partial charge in [0.2, 0.25) is 5.88 Å². The topological polar surface area (TPSA) is 31.4 Å². The third-order valence-corrected chi connectivity index (χ3v) is 2.94. The fourth-order valence-electron chi connectivity index (χ4n) is 1.70. The molecule has 0 amide bonds. The number of fused-ring (bicyclic) bond motifs is 1. The number of ether oxygens (including phenoxy) is 2. The molecule has 0 atom stereocenters. The van der Waals surface area contributed by atoms with E-state index < -0.39 is 0 Å². The summed E-state index contributed by atoms with van der Waals surface area (Å²) in [6, 6.07) is 5.67. The Morgan fingerprint density at radius 2 is 1.94 bits per heavy atom. The van der Waals surface area contributed by atoms with E-state index in [9.17, 15) is 0 Å². The van der Waals surface area contributed by atoms with Gasteiger partial charge in [-0.15, -0.1) is 0 Å². The molecule has 0 saturated heterocycles. The van der Waals surface area contributed by atoms with Gasteiger partial charge in [-0.1, -0.05) is 17.7 Å². The maximum Gasteiger partial charge on any atom is 0.221 e. The lowest BCUT2D eigenvalue weighted by molar-refractivity contribution is 0.401. The highest BCUT2D eigenvalue weighted by Gasteiger charge is 2.13. The number of rotatable bonds is 2. The predicted molar refractivity (Wildman–Crippen MR) is 64.6 cm³/mol. The van der Waals surface area contributed by atoms with Crippen molar-refractivity contribution in [3.8, 4) is 11.6 Å². The molecule has 0 N–H and O–H groups in total. The summed E-state index contributed by atoms with van der Waals surface area (Å²) in [4.78, 5) is 4.29. The minimum atomic E-state index is 0.566. The number of aryl methyl sites for hydroxylation is 1. The zero-order valence-electron chi connectivity index (χ0n) is 9.37. The standard InChI is InChI=1S/C12H12ClNO2/c1-7-11(13)10-8(12(14-7)16-3)5-4-6-9(10)15-2/h4-6H,1-3H3. The first kappa shape index (κ1) is 11.0. The number of hydrogen-bond acceptors (Lipinski definition) is 3. The van der Waals surface area contributed by atoms with Crippen LogP contribution in [0.5, 0.6) is 11.6 Å². The van der Waals surface area contributed by atoms with Gasteiger partial charge in [0.15, 0.2) is 0 Å². The molecule has 0 unspecified atom stereocenters. The Morgan fingerprint density at radius 1 is 1.19 bits per heavy atom. The molecular weight excluding hydrogens is 226 g/mol. The Hall–Kier alpha value is -1.48. The number of benzene rings is 1. The molecule has 0 fully saturated rings. The van der Waals surface area contributed by atoms with Crippen molar-refractivity contribution < 1.29 is 9.47 Å². The second kappa shape index (κ2) is 4.18. The average Bonchev–Trinajstić information content (AvgIpc) is 2.32. The zero-order chi connectivity index (χ0) is 11.7. The lowest BCUT2D eigenvalue weighted by Crippen LogP contribution is -1.95. The van der Waals surface area contributed by atoms with Gasteiger partial charge in [-0.25, -0.2) is 4.98 Å². The molecule has 4 heteroatoms. The van der Waals surface area contributed by atoms with Gasteiger partial charge in [-0.05, 0) is 19.1 Å². The molecule has 0 radical (unpaired) electrons. The number of nitrogens with zero attached hydrogens (tertiary/aromatic N) is 1. The van der Waals surface area contributed by atoms with Crippen molar-refractivity contribution >= 4 is 22.4 Å². The van der Waals surface area contributed by atoms with Crippen molar-refractivity contribution in [2.24, 2.45) is 0 Å². The Kier molecular flexibility index (Phi) is 2.88. The van der Waals surface area contributed by atoms with Crippen LogP contribution in [-0.2, 0) is 0 Å². The molecule has 0 saturated carbocycles. The largest absolute Gasteiger partial charge is 0.496 e. The Labute approximate surface area is 99.0 Å². The SMILES string of the molecule is COc1nc(C)c(Cl)c2c(OC)cccc12. The van der Waals surface area contributed by atoms with E-state index in [2.05, 4.69) is 4.98 Å². The van der Waals surface area contributed by atoms with Gasteiger partial charge in [0.25, 0.3) is 0 Å². The summed E-state index contributed by atoms with van der Waals surface area (Å²) < 4.78 is 10.5. The van der Waals surface area contributed by atoms with Gasteiger partial charge < -0.3 is 9.47 Å². The van der Waals surface area contributed by atoms with E-state index in [1.807, 2.05) is 25.1 Å². The number of hydrogen-bond donors (Lipinski definition) is 0. The quantitative estimate of drug-likeness (QED) is 0.804. The van der Waals surface area contributed by atoms with Gasteiger partial charge in [0, 0.05) is 10.8 Å². The molecule has 0 aliphatic heterocycles. The highest BCUT2D eigenvalue weighted by Crippen LogP contribution is 2.37. The van der Waals surface area contributed by atoms with Gasteiger partial charge in [-0.3, -0.25) is 0 Å². The van der Waals surface area contributed by atoms with E-state index in [1.54, 1.807) is 14.2 Å². The van der Waals surface area contributed by atoms with E-state index >= 15 is 0 Å².